The van der Waals surface area contributed by atoms with Gasteiger partial charge in [0.2, 0.25) is 0 Å². The van der Waals surface area contributed by atoms with Crippen molar-refractivity contribution in [3.8, 4) is 0 Å². The van der Waals surface area contributed by atoms with Crippen molar-refractivity contribution in [1.82, 2.24) is 10.2 Å². The van der Waals surface area contributed by atoms with E-state index >= 15 is 0 Å². The molecule has 18 heavy (non-hydrogen) atoms. The van der Waals surface area contributed by atoms with Gasteiger partial charge in [0.15, 0.2) is 0 Å². The zero-order chi connectivity index (χ0) is 12.8. The Morgan fingerprint density at radius 1 is 1.17 bits per heavy atom. The molecule has 1 aromatic rings. The number of benzene rings is 1. The zero-order valence-electron chi connectivity index (χ0n) is 11.8. The van der Waals surface area contributed by atoms with Crippen molar-refractivity contribution in [2.24, 2.45) is 5.92 Å². The van der Waals surface area contributed by atoms with E-state index in [0.717, 1.165) is 12.5 Å². The molecule has 0 radical (unpaired) electrons. The van der Waals surface area contributed by atoms with E-state index < -0.39 is 0 Å². The number of likely N-dealkylation sites (tertiary alicyclic amines) is 1. The molecule has 1 aliphatic rings. The second-order valence-corrected chi connectivity index (χ2v) is 5.60. The zero-order valence-corrected chi connectivity index (χ0v) is 11.8. The van der Waals surface area contributed by atoms with Crippen molar-refractivity contribution < 1.29 is 0 Å². The van der Waals surface area contributed by atoms with Crippen LogP contribution in [0.3, 0.4) is 0 Å². The molecule has 0 saturated carbocycles. The summed E-state index contributed by atoms with van der Waals surface area (Å²) in [6.07, 6.45) is 4.08. The Balaban J connectivity index is 1.74. The summed E-state index contributed by atoms with van der Waals surface area (Å²) in [5.74, 6) is 0.937. The number of piperidine rings is 1. The molecule has 0 aromatic heterocycles. The maximum Gasteiger partial charge on any atom is 0.0233 e. The molecule has 2 nitrogen and oxygen atoms in total. The minimum atomic E-state index is 0.937. The largest absolute Gasteiger partial charge is 0.320 e. The molecule has 0 amide bonds. The van der Waals surface area contributed by atoms with Crippen molar-refractivity contribution in [3.05, 3.63) is 35.4 Å². The monoisotopic (exact) mass is 246 g/mol. The van der Waals surface area contributed by atoms with E-state index in [1.165, 1.54) is 50.0 Å². The first-order valence-corrected chi connectivity index (χ1v) is 7.20. The third-order valence-electron chi connectivity index (χ3n) is 4.04. The normalized spacial score (nSPS) is 18.1. The van der Waals surface area contributed by atoms with Crippen LogP contribution in [0.1, 0.15) is 30.4 Å². The predicted molar refractivity (Wildman–Crippen MR) is 77.7 cm³/mol. The van der Waals surface area contributed by atoms with Gasteiger partial charge in [0, 0.05) is 6.54 Å². The third-order valence-corrected chi connectivity index (χ3v) is 4.04. The van der Waals surface area contributed by atoms with Crippen LogP contribution < -0.4 is 5.32 Å². The molecule has 0 unspecified atom stereocenters. The molecule has 0 bridgehead atoms. The highest BCUT2D eigenvalue weighted by Crippen LogP contribution is 2.21. The fourth-order valence-corrected chi connectivity index (χ4v) is 2.73. The van der Waals surface area contributed by atoms with Gasteiger partial charge in [-0.1, -0.05) is 29.8 Å². The predicted octanol–water partition coefficient (Wildman–Crippen LogP) is 2.82. The summed E-state index contributed by atoms with van der Waals surface area (Å²) < 4.78 is 0. The lowest BCUT2D eigenvalue weighted by Gasteiger charge is -2.32. The van der Waals surface area contributed by atoms with Gasteiger partial charge in [-0.3, -0.25) is 4.90 Å². The summed E-state index contributed by atoms with van der Waals surface area (Å²) in [5, 5.41) is 3.26. The van der Waals surface area contributed by atoms with Gasteiger partial charge in [-0.05, 0) is 64.3 Å². The van der Waals surface area contributed by atoms with Crippen LogP contribution in [0.4, 0.5) is 0 Å². The van der Waals surface area contributed by atoms with Crippen LogP contribution in [-0.2, 0) is 6.54 Å². The molecule has 1 aromatic carbocycles. The molecule has 1 aliphatic heterocycles. The van der Waals surface area contributed by atoms with E-state index in [9.17, 15) is 0 Å². The molecule has 1 saturated heterocycles. The standard InChI is InChI=1S/C16H26N2/c1-14-3-5-16(6-4-14)13-18-11-8-15(9-12-18)7-10-17-2/h3-6,15,17H,7-13H2,1-2H3. The quantitative estimate of drug-likeness (QED) is 0.859. The van der Waals surface area contributed by atoms with Crippen LogP contribution in [0.5, 0.6) is 0 Å². The molecule has 0 atom stereocenters. The summed E-state index contributed by atoms with van der Waals surface area (Å²) in [6, 6.07) is 8.97. The Morgan fingerprint density at radius 2 is 1.83 bits per heavy atom. The van der Waals surface area contributed by atoms with Gasteiger partial charge in [0.05, 0.1) is 0 Å². The summed E-state index contributed by atoms with van der Waals surface area (Å²) in [5.41, 5.74) is 2.80. The Morgan fingerprint density at radius 3 is 2.44 bits per heavy atom. The molecule has 1 N–H and O–H groups in total. The van der Waals surface area contributed by atoms with Gasteiger partial charge in [0.1, 0.15) is 0 Å². The average molecular weight is 246 g/mol. The first kappa shape index (κ1) is 13.6. The van der Waals surface area contributed by atoms with Crippen molar-refractivity contribution in [1.29, 1.82) is 0 Å². The fourth-order valence-electron chi connectivity index (χ4n) is 2.73. The van der Waals surface area contributed by atoms with Crippen LogP contribution in [0, 0.1) is 12.8 Å². The highest BCUT2D eigenvalue weighted by molar-refractivity contribution is 5.21. The lowest BCUT2D eigenvalue weighted by Crippen LogP contribution is -2.34. The molecule has 1 heterocycles. The van der Waals surface area contributed by atoms with E-state index in [-0.39, 0.29) is 0 Å². The van der Waals surface area contributed by atoms with E-state index in [4.69, 9.17) is 0 Å². The van der Waals surface area contributed by atoms with Gasteiger partial charge >= 0.3 is 0 Å². The van der Waals surface area contributed by atoms with E-state index in [2.05, 4.69) is 41.4 Å². The van der Waals surface area contributed by atoms with E-state index in [1.807, 2.05) is 7.05 Å². The number of hydrogen-bond acceptors (Lipinski definition) is 2. The lowest BCUT2D eigenvalue weighted by molar-refractivity contribution is 0.172. The third kappa shape index (κ3) is 4.11. The first-order valence-electron chi connectivity index (χ1n) is 7.20. The highest BCUT2D eigenvalue weighted by Gasteiger charge is 2.18. The van der Waals surface area contributed by atoms with E-state index in [0.29, 0.717) is 0 Å². The molecular formula is C16H26N2. The van der Waals surface area contributed by atoms with Crippen molar-refractivity contribution >= 4 is 0 Å². The minimum Gasteiger partial charge on any atom is -0.320 e. The second kappa shape index (κ2) is 6.91. The summed E-state index contributed by atoms with van der Waals surface area (Å²) in [7, 11) is 2.05. The van der Waals surface area contributed by atoms with E-state index in [1.54, 1.807) is 0 Å². The van der Waals surface area contributed by atoms with Gasteiger partial charge in [-0.25, -0.2) is 0 Å². The molecule has 2 heteroatoms. The number of aryl methyl sites for hydroxylation is 1. The van der Waals surface area contributed by atoms with Crippen molar-refractivity contribution in [3.63, 3.8) is 0 Å². The average Bonchev–Trinajstić information content (AvgIpc) is 2.41. The fraction of sp³-hybridized carbons (Fsp3) is 0.625. The Hall–Kier alpha value is -0.860. The van der Waals surface area contributed by atoms with Gasteiger partial charge < -0.3 is 5.32 Å². The molecule has 2 rings (SSSR count). The minimum absolute atomic E-state index is 0.937. The smallest absolute Gasteiger partial charge is 0.0233 e. The lowest BCUT2D eigenvalue weighted by atomic mass is 9.93. The van der Waals surface area contributed by atoms with Crippen LogP contribution in [0.2, 0.25) is 0 Å². The second-order valence-electron chi connectivity index (χ2n) is 5.60. The number of hydrogen-bond donors (Lipinski definition) is 1. The topological polar surface area (TPSA) is 15.3 Å². The number of nitrogens with zero attached hydrogens (tertiary/aromatic N) is 1. The summed E-state index contributed by atoms with van der Waals surface area (Å²) in [6.45, 7) is 6.98. The number of rotatable bonds is 5. The summed E-state index contributed by atoms with van der Waals surface area (Å²) in [4.78, 5) is 2.60. The van der Waals surface area contributed by atoms with Crippen LogP contribution in [-0.4, -0.2) is 31.6 Å². The van der Waals surface area contributed by atoms with Crippen LogP contribution in [0.15, 0.2) is 24.3 Å². The van der Waals surface area contributed by atoms with Crippen LogP contribution >= 0.6 is 0 Å². The number of nitrogens with one attached hydrogen (secondary N) is 1. The van der Waals surface area contributed by atoms with Gasteiger partial charge in [-0.15, -0.1) is 0 Å². The first-order chi connectivity index (χ1) is 8.78. The Kier molecular flexibility index (Phi) is 5.21. The maximum atomic E-state index is 3.26. The molecule has 0 aliphatic carbocycles. The van der Waals surface area contributed by atoms with Crippen molar-refractivity contribution in [2.75, 3.05) is 26.7 Å². The molecule has 0 spiro atoms. The maximum absolute atomic E-state index is 3.26. The Bertz CT molecular complexity index is 337. The highest BCUT2D eigenvalue weighted by atomic mass is 15.1. The SMILES string of the molecule is CNCCC1CCN(Cc2ccc(C)cc2)CC1. The molecule has 100 valence electrons. The molecule has 1 fully saturated rings. The van der Waals surface area contributed by atoms with Gasteiger partial charge in [0.25, 0.3) is 0 Å². The van der Waals surface area contributed by atoms with Crippen molar-refractivity contribution in [2.45, 2.75) is 32.7 Å². The van der Waals surface area contributed by atoms with Gasteiger partial charge in [-0.2, -0.15) is 0 Å². The Labute approximate surface area is 111 Å². The molecular weight excluding hydrogens is 220 g/mol. The summed E-state index contributed by atoms with van der Waals surface area (Å²) >= 11 is 0. The van der Waals surface area contributed by atoms with Crippen LogP contribution in [0.25, 0.3) is 0 Å².